The van der Waals surface area contributed by atoms with Crippen LogP contribution >= 0.6 is 0 Å². The van der Waals surface area contributed by atoms with Gasteiger partial charge in [0.15, 0.2) is 5.78 Å². The lowest BCUT2D eigenvalue weighted by Crippen LogP contribution is -2.60. The number of allylic oxidation sites excluding steroid dienone is 4. The van der Waals surface area contributed by atoms with Crippen LogP contribution in [0, 0.1) is 23.2 Å². The summed E-state index contributed by atoms with van der Waals surface area (Å²) in [6, 6.07) is 0. The molecule has 4 rings (SSSR count). The van der Waals surface area contributed by atoms with Crippen LogP contribution in [0.2, 0.25) is 0 Å². The number of aliphatic hydroxyl groups is 1. The SMILES string of the molecule is C[C@]12C=CC(=O)C=C1CC[C@H]1[C@@H]3[C@@H](O)CC(=O)O[C@@]3(C)CC[C@@H]12. The van der Waals surface area contributed by atoms with Crippen molar-refractivity contribution in [3.63, 3.8) is 0 Å². The van der Waals surface area contributed by atoms with E-state index in [1.807, 2.05) is 6.92 Å². The van der Waals surface area contributed by atoms with Gasteiger partial charge >= 0.3 is 5.97 Å². The van der Waals surface area contributed by atoms with E-state index in [1.165, 1.54) is 5.57 Å². The molecule has 2 saturated carbocycles. The quantitative estimate of drug-likeness (QED) is 0.698. The largest absolute Gasteiger partial charge is 0.459 e. The predicted octanol–water partition coefficient (Wildman–Crippen LogP) is 2.56. The van der Waals surface area contributed by atoms with Crippen molar-refractivity contribution in [2.24, 2.45) is 23.2 Å². The number of aliphatic hydroxyl groups excluding tert-OH is 1. The van der Waals surface area contributed by atoms with E-state index in [9.17, 15) is 14.7 Å². The van der Waals surface area contributed by atoms with Crippen molar-refractivity contribution >= 4 is 11.8 Å². The van der Waals surface area contributed by atoms with Gasteiger partial charge in [0.1, 0.15) is 5.60 Å². The first-order valence-corrected chi connectivity index (χ1v) is 8.68. The van der Waals surface area contributed by atoms with Crippen LogP contribution in [-0.2, 0) is 14.3 Å². The van der Waals surface area contributed by atoms with Gasteiger partial charge in [0.2, 0.25) is 0 Å². The van der Waals surface area contributed by atoms with Crippen molar-refractivity contribution in [3.05, 3.63) is 23.8 Å². The number of ketones is 1. The highest BCUT2D eigenvalue weighted by Gasteiger charge is 2.59. The topological polar surface area (TPSA) is 63.6 Å². The zero-order chi connectivity index (χ0) is 16.4. The van der Waals surface area contributed by atoms with Gasteiger partial charge in [-0.05, 0) is 56.6 Å². The first kappa shape index (κ1) is 15.1. The van der Waals surface area contributed by atoms with Gasteiger partial charge in [-0.3, -0.25) is 9.59 Å². The fraction of sp³-hybridized carbons (Fsp3) is 0.684. The number of ether oxygens (including phenoxy) is 1. The maximum absolute atomic E-state index is 11.8. The molecule has 1 heterocycles. The Balaban J connectivity index is 1.71. The second-order valence-corrected chi connectivity index (χ2v) is 8.12. The van der Waals surface area contributed by atoms with E-state index >= 15 is 0 Å². The third-order valence-electron chi connectivity index (χ3n) is 6.89. The maximum Gasteiger partial charge on any atom is 0.308 e. The Labute approximate surface area is 136 Å². The minimum absolute atomic E-state index is 0.00310. The van der Waals surface area contributed by atoms with Crippen molar-refractivity contribution in [2.45, 2.75) is 57.7 Å². The molecule has 1 saturated heterocycles. The lowest BCUT2D eigenvalue weighted by Gasteiger charge is -2.59. The first-order valence-electron chi connectivity index (χ1n) is 8.68. The zero-order valence-electron chi connectivity index (χ0n) is 13.7. The second kappa shape index (κ2) is 4.79. The molecule has 0 aromatic rings. The van der Waals surface area contributed by atoms with E-state index in [-0.39, 0.29) is 29.5 Å². The molecule has 3 aliphatic carbocycles. The summed E-state index contributed by atoms with van der Waals surface area (Å²) in [5.74, 6) is 0.542. The number of esters is 1. The average molecular weight is 316 g/mol. The summed E-state index contributed by atoms with van der Waals surface area (Å²) in [7, 11) is 0. The van der Waals surface area contributed by atoms with Gasteiger partial charge in [0.25, 0.3) is 0 Å². The molecule has 0 amide bonds. The summed E-state index contributed by atoms with van der Waals surface area (Å²) in [6.07, 6.45) is 8.66. The van der Waals surface area contributed by atoms with E-state index in [2.05, 4.69) is 13.0 Å². The van der Waals surface area contributed by atoms with Gasteiger partial charge in [-0.2, -0.15) is 0 Å². The molecule has 124 valence electrons. The van der Waals surface area contributed by atoms with Crippen LogP contribution in [0.3, 0.4) is 0 Å². The second-order valence-electron chi connectivity index (χ2n) is 8.12. The molecule has 4 heteroatoms. The monoisotopic (exact) mass is 316 g/mol. The van der Waals surface area contributed by atoms with Gasteiger partial charge in [-0.1, -0.05) is 18.6 Å². The van der Waals surface area contributed by atoms with Crippen LogP contribution in [0.4, 0.5) is 0 Å². The van der Waals surface area contributed by atoms with Crippen LogP contribution in [0.5, 0.6) is 0 Å². The predicted molar refractivity (Wildman–Crippen MR) is 84.4 cm³/mol. The third-order valence-corrected chi connectivity index (χ3v) is 6.89. The molecule has 0 radical (unpaired) electrons. The highest BCUT2D eigenvalue weighted by Crippen LogP contribution is 2.60. The Kier molecular flexibility index (Phi) is 3.15. The average Bonchev–Trinajstić information content (AvgIpc) is 2.46. The van der Waals surface area contributed by atoms with E-state index in [0.29, 0.717) is 11.8 Å². The van der Waals surface area contributed by atoms with Crippen LogP contribution in [0.1, 0.15) is 46.0 Å². The Hall–Kier alpha value is -1.42. The summed E-state index contributed by atoms with van der Waals surface area (Å²) in [6.45, 7) is 4.21. The molecule has 6 atom stereocenters. The van der Waals surface area contributed by atoms with E-state index in [0.717, 1.165) is 25.7 Å². The molecule has 0 aromatic heterocycles. The molecule has 0 spiro atoms. The molecular weight excluding hydrogens is 292 g/mol. The van der Waals surface area contributed by atoms with Gasteiger partial charge in [-0.15, -0.1) is 0 Å². The van der Waals surface area contributed by atoms with Gasteiger partial charge < -0.3 is 9.84 Å². The zero-order valence-corrected chi connectivity index (χ0v) is 13.7. The smallest absolute Gasteiger partial charge is 0.308 e. The van der Waals surface area contributed by atoms with Crippen molar-refractivity contribution in [2.75, 3.05) is 0 Å². The van der Waals surface area contributed by atoms with E-state index < -0.39 is 11.7 Å². The molecule has 0 bridgehead atoms. The molecule has 23 heavy (non-hydrogen) atoms. The summed E-state index contributed by atoms with van der Waals surface area (Å²) < 4.78 is 5.70. The highest BCUT2D eigenvalue weighted by molar-refractivity contribution is 6.01. The molecule has 1 N–H and O–H groups in total. The highest BCUT2D eigenvalue weighted by atomic mass is 16.6. The van der Waals surface area contributed by atoms with Gasteiger partial charge in [0.05, 0.1) is 12.5 Å². The minimum atomic E-state index is -0.614. The molecule has 4 nitrogen and oxygen atoms in total. The lowest BCUT2D eigenvalue weighted by atomic mass is 9.49. The van der Waals surface area contributed by atoms with Gasteiger partial charge in [-0.25, -0.2) is 0 Å². The first-order chi connectivity index (χ1) is 10.8. The van der Waals surface area contributed by atoms with Crippen LogP contribution in [0.25, 0.3) is 0 Å². The number of hydrogen-bond donors (Lipinski definition) is 1. The van der Waals surface area contributed by atoms with E-state index in [4.69, 9.17) is 4.74 Å². The number of fused-ring (bicyclic) bond motifs is 5. The normalized spacial score (nSPS) is 48.7. The summed E-state index contributed by atoms with van der Waals surface area (Å²) in [4.78, 5) is 23.5. The maximum atomic E-state index is 11.8. The van der Waals surface area contributed by atoms with Crippen LogP contribution in [0.15, 0.2) is 23.8 Å². The molecule has 4 aliphatic rings. The number of carbonyl (C=O) groups excluding carboxylic acids is 2. The van der Waals surface area contributed by atoms with Crippen molar-refractivity contribution in [1.82, 2.24) is 0 Å². The Bertz CT molecular complexity index is 633. The van der Waals surface area contributed by atoms with Gasteiger partial charge in [0, 0.05) is 11.3 Å². The van der Waals surface area contributed by atoms with Crippen molar-refractivity contribution in [1.29, 1.82) is 0 Å². The summed E-state index contributed by atoms with van der Waals surface area (Å²) >= 11 is 0. The fourth-order valence-corrected chi connectivity index (χ4v) is 5.83. The van der Waals surface area contributed by atoms with Crippen molar-refractivity contribution < 1.29 is 19.4 Å². The molecule has 0 unspecified atom stereocenters. The van der Waals surface area contributed by atoms with Crippen LogP contribution < -0.4 is 0 Å². The fourth-order valence-electron chi connectivity index (χ4n) is 5.83. The lowest BCUT2D eigenvalue weighted by molar-refractivity contribution is -0.213. The minimum Gasteiger partial charge on any atom is -0.459 e. The van der Waals surface area contributed by atoms with Crippen LogP contribution in [-0.4, -0.2) is 28.6 Å². The Morgan fingerprint density at radius 3 is 2.83 bits per heavy atom. The molecular formula is C19H24O4. The Morgan fingerprint density at radius 1 is 1.26 bits per heavy atom. The Morgan fingerprint density at radius 2 is 2.04 bits per heavy atom. The number of hydrogen-bond acceptors (Lipinski definition) is 4. The number of rotatable bonds is 0. The summed E-state index contributed by atoms with van der Waals surface area (Å²) in [5, 5.41) is 10.6. The van der Waals surface area contributed by atoms with Crippen molar-refractivity contribution in [3.8, 4) is 0 Å². The standard InChI is InChI=1S/C19H24O4/c1-18-7-5-12(20)9-11(18)3-4-13-14(18)6-8-19(2)17(13)15(21)10-16(22)23-19/h5,7,9,13-15,17,21H,3-4,6,8,10H2,1-2H3/t13-,14+,15+,17-,18+,19+/m1/s1. The summed E-state index contributed by atoms with van der Waals surface area (Å²) in [5.41, 5.74) is 0.596. The molecule has 3 fully saturated rings. The third kappa shape index (κ3) is 2.07. The number of carbonyl (C=O) groups is 2. The van der Waals surface area contributed by atoms with E-state index in [1.54, 1.807) is 12.2 Å². The molecule has 0 aromatic carbocycles. The molecule has 1 aliphatic heterocycles.